The van der Waals surface area contributed by atoms with Gasteiger partial charge in [0.2, 0.25) is 3.79 Å². The van der Waals surface area contributed by atoms with Gasteiger partial charge in [0.1, 0.15) is 0 Å². The molecule has 1 atom stereocenters. The van der Waals surface area contributed by atoms with Crippen molar-refractivity contribution < 1.29 is 0 Å². The summed E-state index contributed by atoms with van der Waals surface area (Å²) in [6, 6.07) is 15.1. The van der Waals surface area contributed by atoms with Crippen LogP contribution in [0.15, 0.2) is 53.3 Å². The average Bonchev–Trinajstić information content (AvgIpc) is 2.66. The summed E-state index contributed by atoms with van der Waals surface area (Å²) in [7, 11) is 0. The van der Waals surface area contributed by atoms with Crippen molar-refractivity contribution in [1.82, 2.24) is 14.8 Å². The fourth-order valence-corrected chi connectivity index (χ4v) is 3.64. The minimum absolute atomic E-state index is 0.208. The van der Waals surface area contributed by atoms with Gasteiger partial charge in [-0.2, -0.15) is 10.1 Å². The Morgan fingerprint density at radius 3 is 2.39 bits per heavy atom. The third-order valence-corrected chi connectivity index (χ3v) is 5.32. The monoisotopic (exact) mass is 434 g/mol. The van der Waals surface area contributed by atoms with Crippen LogP contribution in [0.3, 0.4) is 0 Å². The highest BCUT2D eigenvalue weighted by molar-refractivity contribution is 6.68. The summed E-state index contributed by atoms with van der Waals surface area (Å²) in [4.78, 5) is 17.1. The second kappa shape index (κ2) is 7.07. The molecule has 2 aromatic carbocycles. The molecule has 2 heterocycles. The van der Waals surface area contributed by atoms with Gasteiger partial charge in [0.25, 0.3) is 5.56 Å². The number of fused-ring (bicyclic) bond motifs is 3. The van der Waals surface area contributed by atoms with E-state index in [-0.39, 0.29) is 5.69 Å². The van der Waals surface area contributed by atoms with E-state index in [4.69, 9.17) is 34.8 Å². The van der Waals surface area contributed by atoms with Crippen molar-refractivity contribution in [3.63, 3.8) is 0 Å². The minimum Gasteiger partial charge on any atom is -0.360 e. The zero-order valence-corrected chi connectivity index (χ0v) is 17.4. The SMILES string of the molecule is CC(C)c1ccc(-c2nn3c(nc2=O)-c2ccccc2N[C@@H]3C(Cl)(Cl)Cl)cc1. The largest absolute Gasteiger partial charge is 0.360 e. The first-order valence-electron chi connectivity index (χ1n) is 8.79. The topological polar surface area (TPSA) is 59.8 Å². The quantitative estimate of drug-likeness (QED) is 0.548. The molecule has 1 aliphatic heterocycles. The van der Waals surface area contributed by atoms with Crippen molar-refractivity contribution in [3.8, 4) is 22.6 Å². The molecule has 1 aliphatic rings. The molecule has 0 bridgehead atoms. The number of para-hydroxylation sites is 1. The summed E-state index contributed by atoms with van der Waals surface area (Å²) >= 11 is 18.6. The van der Waals surface area contributed by atoms with Crippen LogP contribution in [0.2, 0.25) is 0 Å². The molecule has 0 saturated heterocycles. The highest BCUT2D eigenvalue weighted by Gasteiger charge is 2.40. The highest BCUT2D eigenvalue weighted by atomic mass is 35.6. The first-order chi connectivity index (χ1) is 13.3. The summed E-state index contributed by atoms with van der Waals surface area (Å²) in [5, 5.41) is 7.71. The molecule has 28 heavy (non-hydrogen) atoms. The van der Waals surface area contributed by atoms with Gasteiger partial charge in [-0.25, -0.2) is 4.68 Å². The number of alkyl halides is 3. The Labute approximate surface area is 177 Å². The lowest BCUT2D eigenvalue weighted by Crippen LogP contribution is -2.38. The van der Waals surface area contributed by atoms with E-state index in [0.29, 0.717) is 17.3 Å². The number of nitrogens with zero attached hydrogens (tertiary/aromatic N) is 3. The molecule has 0 radical (unpaired) electrons. The van der Waals surface area contributed by atoms with Crippen molar-refractivity contribution >= 4 is 40.5 Å². The van der Waals surface area contributed by atoms with E-state index in [1.165, 1.54) is 10.2 Å². The Morgan fingerprint density at radius 1 is 1.07 bits per heavy atom. The number of anilines is 1. The summed E-state index contributed by atoms with van der Waals surface area (Å²) in [5.41, 5.74) is 3.06. The Balaban J connectivity index is 1.91. The third kappa shape index (κ3) is 3.39. The molecule has 144 valence electrons. The summed E-state index contributed by atoms with van der Waals surface area (Å²) in [6.45, 7) is 4.22. The molecule has 1 N–H and O–H groups in total. The zero-order valence-electron chi connectivity index (χ0n) is 15.2. The number of hydrogen-bond donors (Lipinski definition) is 1. The van der Waals surface area contributed by atoms with Crippen LogP contribution < -0.4 is 10.9 Å². The summed E-state index contributed by atoms with van der Waals surface area (Å²) in [5.74, 6) is 0.748. The van der Waals surface area contributed by atoms with Gasteiger partial charge in [-0.05, 0) is 23.6 Å². The zero-order chi connectivity index (χ0) is 20.1. The first-order valence-corrected chi connectivity index (χ1v) is 9.93. The first kappa shape index (κ1) is 19.2. The summed E-state index contributed by atoms with van der Waals surface area (Å²) in [6.07, 6.45) is -0.816. The predicted molar refractivity (Wildman–Crippen MR) is 114 cm³/mol. The molecule has 4 rings (SSSR count). The number of benzene rings is 2. The molecule has 8 heteroatoms. The van der Waals surface area contributed by atoms with Gasteiger partial charge in [0.05, 0.1) is 0 Å². The maximum absolute atomic E-state index is 12.8. The third-order valence-electron chi connectivity index (χ3n) is 4.70. The number of halogens is 3. The van der Waals surface area contributed by atoms with E-state index in [0.717, 1.165) is 11.3 Å². The normalized spacial score (nSPS) is 15.7. The standard InChI is InChI=1S/C20H17Cl3N4O/c1-11(2)12-7-9-13(10-8-12)16-18(28)25-17-14-5-3-4-6-15(14)24-19(20(21,22)23)27(17)26-16/h3-11,19,24H,1-2H3/t19-/m0/s1. The molecule has 5 nitrogen and oxygen atoms in total. The second-order valence-corrected chi connectivity index (χ2v) is 9.31. The number of hydrogen-bond acceptors (Lipinski definition) is 4. The van der Waals surface area contributed by atoms with Crippen LogP contribution in [0.25, 0.3) is 22.6 Å². The Morgan fingerprint density at radius 2 is 1.75 bits per heavy atom. The fourth-order valence-electron chi connectivity index (χ4n) is 3.20. The fraction of sp³-hybridized carbons (Fsp3) is 0.250. The molecule has 0 unspecified atom stereocenters. The maximum Gasteiger partial charge on any atom is 0.300 e. The molecular formula is C20H17Cl3N4O. The second-order valence-electron chi connectivity index (χ2n) is 6.94. The molecule has 3 aromatic rings. The van der Waals surface area contributed by atoms with E-state index >= 15 is 0 Å². The van der Waals surface area contributed by atoms with E-state index in [1.54, 1.807) is 0 Å². The van der Waals surface area contributed by atoms with E-state index in [9.17, 15) is 4.79 Å². The molecule has 0 fully saturated rings. The van der Waals surface area contributed by atoms with Crippen LogP contribution in [0.4, 0.5) is 5.69 Å². The molecular weight excluding hydrogens is 419 g/mol. The molecule has 0 aliphatic carbocycles. The Bertz CT molecular complexity index is 1090. The van der Waals surface area contributed by atoms with E-state index in [2.05, 4.69) is 29.2 Å². The van der Waals surface area contributed by atoms with Crippen molar-refractivity contribution in [2.75, 3.05) is 5.32 Å². The molecule has 1 aromatic heterocycles. The molecule has 0 saturated carbocycles. The lowest BCUT2D eigenvalue weighted by Gasteiger charge is -2.34. The van der Waals surface area contributed by atoms with Crippen LogP contribution in [-0.2, 0) is 0 Å². The number of aromatic nitrogens is 3. The van der Waals surface area contributed by atoms with Crippen molar-refractivity contribution in [3.05, 3.63) is 64.4 Å². The van der Waals surface area contributed by atoms with Gasteiger partial charge in [-0.15, -0.1) is 0 Å². The average molecular weight is 436 g/mol. The lowest BCUT2D eigenvalue weighted by atomic mass is 10.0. The van der Waals surface area contributed by atoms with Gasteiger partial charge in [-0.1, -0.05) is 85.0 Å². The van der Waals surface area contributed by atoms with Crippen LogP contribution in [0, 0.1) is 0 Å². The lowest BCUT2D eigenvalue weighted by molar-refractivity contribution is 0.491. The number of rotatable bonds is 2. The van der Waals surface area contributed by atoms with E-state index in [1.807, 2.05) is 48.5 Å². The van der Waals surface area contributed by atoms with Crippen LogP contribution in [-0.4, -0.2) is 18.6 Å². The van der Waals surface area contributed by atoms with Crippen molar-refractivity contribution in [2.24, 2.45) is 0 Å². The van der Waals surface area contributed by atoms with Gasteiger partial charge >= 0.3 is 0 Å². The molecule has 0 spiro atoms. The Hall–Kier alpha value is -2.08. The van der Waals surface area contributed by atoms with Crippen molar-refractivity contribution in [1.29, 1.82) is 0 Å². The van der Waals surface area contributed by atoms with Crippen LogP contribution in [0.1, 0.15) is 31.5 Å². The van der Waals surface area contributed by atoms with Crippen LogP contribution in [0.5, 0.6) is 0 Å². The predicted octanol–water partition coefficient (Wildman–Crippen LogP) is 5.39. The van der Waals surface area contributed by atoms with Gasteiger partial charge in [0.15, 0.2) is 17.7 Å². The van der Waals surface area contributed by atoms with Gasteiger partial charge < -0.3 is 5.32 Å². The maximum atomic E-state index is 12.8. The molecule has 0 amide bonds. The van der Waals surface area contributed by atoms with Gasteiger partial charge in [0, 0.05) is 16.8 Å². The minimum atomic E-state index is -1.70. The highest BCUT2D eigenvalue weighted by Crippen LogP contribution is 2.44. The van der Waals surface area contributed by atoms with Crippen molar-refractivity contribution in [2.45, 2.75) is 29.7 Å². The number of nitrogens with one attached hydrogen (secondary N) is 1. The summed E-state index contributed by atoms with van der Waals surface area (Å²) < 4.78 is -0.229. The van der Waals surface area contributed by atoms with E-state index < -0.39 is 15.5 Å². The smallest absolute Gasteiger partial charge is 0.300 e. The van der Waals surface area contributed by atoms with Gasteiger partial charge in [-0.3, -0.25) is 4.79 Å². The van der Waals surface area contributed by atoms with Crippen LogP contribution >= 0.6 is 34.8 Å². The Kier molecular flexibility index (Phi) is 4.86.